The largest absolute Gasteiger partial charge is 0.344 e. The SMILES string of the molecule is c1nc2c3ccc(c2[nH]1)CC3. The maximum absolute atomic E-state index is 4.27. The highest BCUT2D eigenvalue weighted by Gasteiger charge is 2.13. The number of rotatable bonds is 0. The van der Waals surface area contributed by atoms with E-state index in [2.05, 4.69) is 22.1 Å². The Kier molecular flexibility index (Phi) is 0.799. The average molecular weight is 144 g/mol. The molecule has 2 heteroatoms. The Balaban J connectivity index is 2.64. The van der Waals surface area contributed by atoms with Gasteiger partial charge < -0.3 is 4.98 Å². The Morgan fingerprint density at radius 1 is 1.18 bits per heavy atom. The van der Waals surface area contributed by atoms with Crippen molar-refractivity contribution in [1.29, 1.82) is 0 Å². The van der Waals surface area contributed by atoms with Gasteiger partial charge >= 0.3 is 0 Å². The number of aromatic nitrogens is 2. The first-order valence-corrected chi connectivity index (χ1v) is 3.89. The van der Waals surface area contributed by atoms with Crippen LogP contribution in [0.3, 0.4) is 0 Å². The molecule has 4 rings (SSSR count). The first kappa shape index (κ1) is 5.35. The van der Waals surface area contributed by atoms with E-state index >= 15 is 0 Å². The molecule has 0 amide bonds. The van der Waals surface area contributed by atoms with Crippen molar-refractivity contribution < 1.29 is 0 Å². The summed E-state index contributed by atoms with van der Waals surface area (Å²) >= 11 is 0. The summed E-state index contributed by atoms with van der Waals surface area (Å²) in [7, 11) is 0. The van der Waals surface area contributed by atoms with Gasteiger partial charge in [-0.1, -0.05) is 12.1 Å². The molecular formula is C9H8N2. The number of imidazole rings is 1. The highest BCUT2D eigenvalue weighted by atomic mass is 14.9. The standard InChI is InChI=1S/C9H8N2/c1-2-7-4-3-6(1)8-9(7)11-5-10-8/h1-2,5H,3-4H2,(H,10,11). The van der Waals surface area contributed by atoms with Crippen LogP contribution < -0.4 is 0 Å². The maximum Gasteiger partial charge on any atom is 0.0932 e. The molecule has 2 bridgehead atoms. The van der Waals surface area contributed by atoms with Crippen LogP contribution in [0.1, 0.15) is 11.1 Å². The van der Waals surface area contributed by atoms with E-state index < -0.39 is 0 Å². The normalized spacial score (nSPS) is 14.5. The lowest BCUT2D eigenvalue weighted by atomic mass is 9.94. The molecule has 2 aromatic rings. The van der Waals surface area contributed by atoms with Gasteiger partial charge in [0.1, 0.15) is 0 Å². The van der Waals surface area contributed by atoms with Crippen LogP contribution in [0.5, 0.6) is 0 Å². The van der Waals surface area contributed by atoms with Crippen LogP contribution in [0.25, 0.3) is 11.0 Å². The first-order valence-electron chi connectivity index (χ1n) is 3.89. The van der Waals surface area contributed by atoms with E-state index in [4.69, 9.17) is 0 Å². The van der Waals surface area contributed by atoms with Gasteiger partial charge in [0.2, 0.25) is 0 Å². The van der Waals surface area contributed by atoms with Crippen molar-refractivity contribution in [2.24, 2.45) is 0 Å². The molecule has 1 aromatic carbocycles. The quantitative estimate of drug-likeness (QED) is 0.598. The van der Waals surface area contributed by atoms with Crippen LogP contribution in [0.2, 0.25) is 0 Å². The molecule has 2 aliphatic rings. The Labute approximate surface area is 64.3 Å². The second kappa shape index (κ2) is 1.64. The number of hydrogen-bond donors (Lipinski definition) is 1. The zero-order chi connectivity index (χ0) is 7.26. The molecule has 0 fully saturated rings. The predicted octanol–water partition coefficient (Wildman–Crippen LogP) is 1.66. The molecule has 0 saturated carbocycles. The van der Waals surface area contributed by atoms with Crippen molar-refractivity contribution in [3.8, 4) is 0 Å². The minimum Gasteiger partial charge on any atom is -0.344 e. The third kappa shape index (κ3) is 0.546. The number of fused-ring (bicyclic) bond motifs is 2. The number of hydrogen-bond acceptors (Lipinski definition) is 1. The number of benzene rings is 1. The van der Waals surface area contributed by atoms with E-state index in [9.17, 15) is 0 Å². The molecule has 1 N–H and O–H groups in total. The van der Waals surface area contributed by atoms with Crippen molar-refractivity contribution in [1.82, 2.24) is 9.97 Å². The van der Waals surface area contributed by atoms with Crippen LogP contribution in [0.15, 0.2) is 18.5 Å². The van der Waals surface area contributed by atoms with E-state index in [1.54, 1.807) is 6.33 Å². The zero-order valence-corrected chi connectivity index (χ0v) is 6.09. The first-order chi connectivity index (χ1) is 5.45. The summed E-state index contributed by atoms with van der Waals surface area (Å²) in [6.45, 7) is 0. The molecule has 0 radical (unpaired) electrons. The van der Waals surface area contributed by atoms with Crippen LogP contribution in [0.4, 0.5) is 0 Å². The molecule has 54 valence electrons. The van der Waals surface area contributed by atoms with E-state index in [-0.39, 0.29) is 0 Å². The van der Waals surface area contributed by atoms with Crippen molar-refractivity contribution >= 4 is 11.0 Å². The summed E-state index contributed by atoms with van der Waals surface area (Å²) < 4.78 is 0. The van der Waals surface area contributed by atoms with Gasteiger partial charge in [0, 0.05) is 0 Å². The van der Waals surface area contributed by atoms with Gasteiger partial charge in [0.15, 0.2) is 0 Å². The third-order valence-corrected chi connectivity index (χ3v) is 2.41. The van der Waals surface area contributed by atoms with Gasteiger partial charge in [0.05, 0.1) is 17.4 Å². The Morgan fingerprint density at radius 2 is 2.00 bits per heavy atom. The van der Waals surface area contributed by atoms with Crippen molar-refractivity contribution in [3.05, 3.63) is 29.6 Å². The highest BCUT2D eigenvalue weighted by molar-refractivity contribution is 5.83. The van der Waals surface area contributed by atoms with E-state index in [1.807, 2.05) is 0 Å². The molecule has 2 nitrogen and oxygen atoms in total. The Hall–Kier alpha value is -1.31. The lowest BCUT2D eigenvalue weighted by Gasteiger charge is -2.12. The minimum atomic E-state index is 1.17. The summed E-state index contributed by atoms with van der Waals surface area (Å²) in [5.41, 5.74) is 5.21. The molecule has 1 aromatic heterocycles. The van der Waals surface area contributed by atoms with Gasteiger partial charge in [-0.15, -0.1) is 0 Å². The van der Waals surface area contributed by atoms with Crippen LogP contribution in [-0.4, -0.2) is 9.97 Å². The second-order valence-electron chi connectivity index (χ2n) is 3.01. The third-order valence-electron chi connectivity index (χ3n) is 2.41. The van der Waals surface area contributed by atoms with E-state index in [1.165, 1.54) is 35.0 Å². The van der Waals surface area contributed by atoms with Gasteiger partial charge in [-0.05, 0) is 24.0 Å². The summed E-state index contributed by atoms with van der Waals surface area (Å²) in [6.07, 6.45) is 4.13. The summed E-state index contributed by atoms with van der Waals surface area (Å²) in [6, 6.07) is 4.38. The van der Waals surface area contributed by atoms with Gasteiger partial charge in [-0.3, -0.25) is 0 Å². The van der Waals surface area contributed by atoms with Crippen LogP contribution in [0, 0.1) is 0 Å². The highest BCUT2D eigenvalue weighted by Crippen LogP contribution is 2.26. The minimum absolute atomic E-state index is 1.17. The van der Waals surface area contributed by atoms with Crippen LogP contribution in [-0.2, 0) is 12.8 Å². The predicted molar refractivity (Wildman–Crippen MR) is 43.5 cm³/mol. The molecule has 0 unspecified atom stereocenters. The van der Waals surface area contributed by atoms with E-state index in [0.717, 1.165) is 0 Å². The molecule has 0 spiro atoms. The van der Waals surface area contributed by atoms with Crippen molar-refractivity contribution in [2.75, 3.05) is 0 Å². The Bertz CT molecular complexity index is 376. The van der Waals surface area contributed by atoms with Gasteiger partial charge in [-0.25, -0.2) is 4.98 Å². The average Bonchev–Trinajstić information content (AvgIpc) is 2.55. The van der Waals surface area contributed by atoms with Crippen LogP contribution >= 0.6 is 0 Å². The molecular weight excluding hydrogens is 136 g/mol. The van der Waals surface area contributed by atoms with Crippen molar-refractivity contribution in [3.63, 3.8) is 0 Å². The van der Waals surface area contributed by atoms with Gasteiger partial charge in [0.25, 0.3) is 0 Å². The molecule has 2 aliphatic carbocycles. The number of nitrogens with zero attached hydrogens (tertiary/aromatic N) is 1. The molecule has 0 atom stereocenters. The zero-order valence-electron chi connectivity index (χ0n) is 6.09. The lowest BCUT2D eigenvalue weighted by molar-refractivity contribution is 0.941. The lowest BCUT2D eigenvalue weighted by Crippen LogP contribution is -2.01. The fourth-order valence-corrected chi connectivity index (χ4v) is 1.83. The topological polar surface area (TPSA) is 28.7 Å². The number of aromatic amines is 1. The van der Waals surface area contributed by atoms with Gasteiger partial charge in [-0.2, -0.15) is 0 Å². The molecule has 0 saturated heterocycles. The molecule has 0 aliphatic heterocycles. The maximum atomic E-state index is 4.27. The molecule has 11 heavy (non-hydrogen) atoms. The Morgan fingerprint density at radius 3 is 2.73 bits per heavy atom. The summed E-state index contributed by atoms with van der Waals surface area (Å²) in [4.78, 5) is 7.44. The number of H-pyrrole nitrogens is 1. The fraction of sp³-hybridized carbons (Fsp3) is 0.222. The second-order valence-corrected chi connectivity index (χ2v) is 3.01. The summed E-state index contributed by atoms with van der Waals surface area (Å²) in [5.74, 6) is 0. The number of aryl methyl sites for hydroxylation is 2. The van der Waals surface area contributed by atoms with E-state index in [0.29, 0.717) is 0 Å². The van der Waals surface area contributed by atoms with Crippen molar-refractivity contribution in [2.45, 2.75) is 12.8 Å². The smallest absolute Gasteiger partial charge is 0.0932 e. The summed E-state index contributed by atoms with van der Waals surface area (Å²) in [5, 5.41) is 0. The monoisotopic (exact) mass is 144 g/mol. The molecule has 1 heterocycles. The number of nitrogens with one attached hydrogen (secondary N) is 1. The fourth-order valence-electron chi connectivity index (χ4n) is 1.83.